The standard InChI is InChI=1S/C15H12O.C2H6/c1-10-7-8-13-11(2)12-5-3-4-6-14(12)16-15(13)9-10;1-2/h3-9H,1H2,2H3;1-2H3. The molecule has 0 saturated heterocycles. The molecule has 0 saturated carbocycles. The summed E-state index contributed by atoms with van der Waals surface area (Å²) in [6.07, 6.45) is 0. The van der Waals surface area contributed by atoms with Crippen LogP contribution in [-0.4, -0.2) is 0 Å². The van der Waals surface area contributed by atoms with Crippen molar-refractivity contribution in [2.24, 2.45) is 0 Å². The maximum absolute atomic E-state index is 5.87. The maximum atomic E-state index is 5.87. The minimum Gasteiger partial charge on any atom is -0.456 e. The molecule has 1 heterocycles. The van der Waals surface area contributed by atoms with Gasteiger partial charge in [0, 0.05) is 10.8 Å². The molecule has 0 N–H and O–H groups in total. The summed E-state index contributed by atoms with van der Waals surface area (Å²) < 4.78 is 5.87. The SMILES string of the molecule is C=c1ccc2c(c1)Oc1ccccc1C=2C.CC. The number of ether oxygens (including phenoxy) is 1. The molecule has 3 rings (SSSR count). The lowest BCUT2D eigenvalue weighted by Crippen LogP contribution is -2.17. The van der Waals surface area contributed by atoms with E-state index in [0.717, 1.165) is 21.9 Å². The average molecular weight is 238 g/mol. The van der Waals surface area contributed by atoms with Crippen LogP contribution in [0.25, 0.3) is 12.2 Å². The van der Waals surface area contributed by atoms with Crippen LogP contribution in [0.3, 0.4) is 0 Å². The van der Waals surface area contributed by atoms with Crippen molar-refractivity contribution >= 4 is 12.2 Å². The fraction of sp³-hybridized carbons (Fsp3) is 0.176. The third-order valence-corrected chi connectivity index (χ3v) is 2.96. The molecular weight excluding hydrogens is 220 g/mol. The molecule has 0 aromatic heterocycles. The van der Waals surface area contributed by atoms with Crippen LogP contribution < -0.4 is 15.2 Å². The van der Waals surface area contributed by atoms with Gasteiger partial charge in [-0.1, -0.05) is 50.8 Å². The summed E-state index contributed by atoms with van der Waals surface area (Å²) >= 11 is 0. The number of benzene rings is 2. The first-order chi connectivity index (χ1) is 8.75. The van der Waals surface area contributed by atoms with Crippen LogP contribution in [0.4, 0.5) is 0 Å². The lowest BCUT2D eigenvalue weighted by atomic mass is 10.0. The highest BCUT2D eigenvalue weighted by atomic mass is 16.5. The first-order valence-corrected chi connectivity index (χ1v) is 6.33. The van der Waals surface area contributed by atoms with Crippen LogP contribution in [0.2, 0.25) is 0 Å². The van der Waals surface area contributed by atoms with Gasteiger partial charge >= 0.3 is 0 Å². The Morgan fingerprint density at radius 3 is 2.44 bits per heavy atom. The van der Waals surface area contributed by atoms with Crippen molar-refractivity contribution in [3.05, 3.63) is 58.5 Å². The van der Waals surface area contributed by atoms with Crippen molar-refractivity contribution < 1.29 is 4.74 Å². The lowest BCUT2D eigenvalue weighted by Gasteiger charge is -2.18. The first kappa shape index (κ1) is 12.4. The van der Waals surface area contributed by atoms with E-state index in [9.17, 15) is 0 Å². The molecule has 0 fully saturated rings. The summed E-state index contributed by atoms with van der Waals surface area (Å²) in [5, 5.41) is 2.14. The topological polar surface area (TPSA) is 9.23 Å². The zero-order chi connectivity index (χ0) is 13.1. The highest BCUT2D eigenvalue weighted by molar-refractivity contribution is 5.72. The lowest BCUT2D eigenvalue weighted by molar-refractivity contribution is 0.471. The third kappa shape index (κ3) is 2.04. The monoisotopic (exact) mass is 238 g/mol. The van der Waals surface area contributed by atoms with E-state index < -0.39 is 0 Å². The molecule has 2 aromatic carbocycles. The Morgan fingerprint density at radius 1 is 0.944 bits per heavy atom. The minimum absolute atomic E-state index is 0.906. The molecule has 2 aromatic rings. The Labute approximate surface area is 108 Å². The second-order valence-electron chi connectivity index (χ2n) is 4.05. The fourth-order valence-electron chi connectivity index (χ4n) is 2.09. The van der Waals surface area contributed by atoms with Crippen molar-refractivity contribution in [2.45, 2.75) is 20.8 Å². The Bertz CT molecular complexity index is 668. The largest absolute Gasteiger partial charge is 0.456 e. The number of hydrogen-bond acceptors (Lipinski definition) is 1. The number of rotatable bonds is 0. The highest BCUT2D eigenvalue weighted by Crippen LogP contribution is 2.31. The molecule has 92 valence electrons. The van der Waals surface area contributed by atoms with Gasteiger partial charge in [-0.25, -0.2) is 0 Å². The maximum Gasteiger partial charge on any atom is 0.135 e. The fourth-order valence-corrected chi connectivity index (χ4v) is 2.09. The summed E-state index contributed by atoms with van der Waals surface area (Å²) in [5.41, 5.74) is 2.43. The zero-order valence-corrected chi connectivity index (χ0v) is 11.2. The van der Waals surface area contributed by atoms with Gasteiger partial charge in [0.2, 0.25) is 0 Å². The summed E-state index contributed by atoms with van der Waals surface area (Å²) in [4.78, 5) is 0. The molecule has 0 spiro atoms. The van der Waals surface area contributed by atoms with E-state index in [2.05, 4.69) is 25.6 Å². The Kier molecular flexibility index (Phi) is 3.52. The Hall–Kier alpha value is -2.02. The van der Waals surface area contributed by atoms with E-state index in [0.29, 0.717) is 0 Å². The molecule has 0 unspecified atom stereocenters. The molecule has 0 aliphatic carbocycles. The quantitative estimate of drug-likeness (QED) is 0.683. The molecule has 0 bridgehead atoms. The molecule has 0 atom stereocenters. The van der Waals surface area contributed by atoms with Crippen molar-refractivity contribution in [1.29, 1.82) is 0 Å². The van der Waals surface area contributed by atoms with Gasteiger partial charge in [0.1, 0.15) is 11.5 Å². The van der Waals surface area contributed by atoms with E-state index in [-0.39, 0.29) is 0 Å². The predicted molar refractivity (Wildman–Crippen MR) is 77.3 cm³/mol. The van der Waals surface area contributed by atoms with Gasteiger partial charge in [0.05, 0.1) is 0 Å². The van der Waals surface area contributed by atoms with Crippen molar-refractivity contribution in [3.8, 4) is 11.5 Å². The van der Waals surface area contributed by atoms with Crippen molar-refractivity contribution in [3.63, 3.8) is 0 Å². The highest BCUT2D eigenvalue weighted by Gasteiger charge is 2.13. The molecule has 0 amide bonds. The van der Waals surface area contributed by atoms with E-state index in [1.807, 2.05) is 44.2 Å². The van der Waals surface area contributed by atoms with Crippen LogP contribution >= 0.6 is 0 Å². The van der Waals surface area contributed by atoms with Crippen molar-refractivity contribution in [1.82, 2.24) is 0 Å². The van der Waals surface area contributed by atoms with Gasteiger partial charge in [0.25, 0.3) is 0 Å². The summed E-state index contributed by atoms with van der Waals surface area (Å²) in [6, 6.07) is 14.2. The molecule has 18 heavy (non-hydrogen) atoms. The summed E-state index contributed by atoms with van der Waals surface area (Å²) in [5.74, 6) is 1.84. The number of para-hydroxylation sites is 1. The van der Waals surface area contributed by atoms with Gasteiger partial charge in [-0.3, -0.25) is 0 Å². The molecular formula is C17H18O. The smallest absolute Gasteiger partial charge is 0.135 e. The summed E-state index contributed by atoms with van der Waals surface area (Å²) in [6.45, 7) is 10.0. The Balaban J connectivity index is 0.000000574. The van der Waals surface area contributed by atoms with Crippen LogP contribution in [0, 0.1) is 0 Å². The van der Waals surface area contributed by atoms with E-state index in [1.165, 1.54) is 11.1 Å². The molecule has 1 aliphatic rings. The third-order valence-electron chi connectivity index (χ3n) is 2.96. The van der Waals surface area contributed by atoms with Crippen LogP contribution in [0.5, 0.6) is 11.5 Å². The van der Waals surface area contributed by atoms with Gasteiger partial charge in [-0.2, -0.15) is 0 Å². The van der Waals surface area contributed by atoms with Crippen LogP contribution in [-0.2, 0) is 0 Å². The van der Waals surface area contributed by atoms with E-state index in [4.69, 9.17) is 4.74 Å². The molecule has 0 radical (unpaired) electrons. The average Bonchev–Trinajstić information content (AvgIpc) is 2.41. The van der Waals surface area contributed by atoms with Gasteiger partial charge in [-0.15, -0.1) is 0 Å². The number of hydrogen-bond donors (Lipinski definition) is 0. The van der Waals surface area contributed by atoms with E-state index in [1.54, 1.807) is 0 Å². The first-order valence-electron chi connectivity index (χ1n) is 6.33. The van der Waals surface area contributed by atoms with Gasteiger partial charge < -0.3 is 4.74 Å². The van der Waals surface area contributed by atoms with E-state index >= 15 is 0 Å². The van der Waals surface area contributed by atoms with Gasteiger partial charge in [-0.05, 0) is 29.8 Å². The molecule has 1 aliphatic heterocycles. The molecule has 1 nitrogen and oxygen atoms in total. The van der Waals surface area contributed by atoms with Crippen molar-refractivity contribution in [2.75, 3.05) is 0 Å². The summed E-state index contributed by atoms with van der Waals surface area (Å²) in [7, 11) is 0. The second kappa shape index (κ2) is 5.09. The zero-order valence-electron chi connectivity index (χ0n) is 11.2. The minimum atomic E-state index is 0.906. The van der Waals surface area contributed by atoms with Crippen LogP contribution in [0.15, 0.2) is 42.5 Å². The second-order valence-corrected chi connectivity index (χ2v) is 4.05. The molecule has 1 heteroatoms. The van der Waals surface area contributed by atoms with Crippen LogP contribution in [0.1, 0.15) is 26.3 Å². The predicted octanol–water partition coefficient (Wildman–Crippen LogP) is 3.45. The number of fused-ring (bicyclic) bond motifs is 2. The Morgan fingerprint density at radius 2 is 1.67 bits per heavy atom. The normalized spacial score (nSPS) is 11.6. The van der Waals surface area contributed by atoms with Gasteiger partial charge in [0.15, 0.2) is 0 Å².